The second-order valence-corrected chi connectivity index (χ2v) is 8.25. The van der Waals surface area contributed by atoms with E-state index in [-0.39, 0.29) is 17.8 Å². The highest BCUT2D eigenvalue weighted by atomic mass is 32.2. The third kappa shape index (κ3) is 7.09. The van der Waals surface area contributed by atoms with Gasteiger partial charge < -0.3 is 15.5 Å². The van der Waals surface area contributed by atoms with Crippen LogP contribution in [-0.4, -0.2) is 42.2 Å². The van der Waals surface area contributed by atoms with Crippen LogP contribution in [0.3, 0.4) is 0 Å². The number of likely N-dealkylation sites (tertiary alicyclic amines) is 1. The van der Waals surface area contributed by atoms with Crippen molar-refractivity contribution in [3.63, 3.8) is 0 Å². The summed E-state index contributed by atoms with van der Waals surface area (Å²) in [6.07, 6.45) is 2.21. The number of amides is 3. The second-order valence-electron chi connectivity index (χ2n) is 7.08. The van der Waals surface area contributed by atoms with Crippen molar-refractivity contribution in [2.75, 3.05) is 30.7 Å². The SMILES string of the molecule is O=C(CCSc1ccccc1)NCC1CCN(C(=O)Nc2ccc(F)cc2)CC1. The Morgan fingerprint density at radius 2 is 1.72 bits per heavy atom. The molecule has 3 amide bonds. The van der Waals surface area contributed by atoms with Gasteiger partial charge in [-0.3, -0.25) is 4.79 Å². The number of halogens is 1. The number of anilines is 1. The van der Waals surface area contributed by atoms with Gasteiger partial charge in [-0.1, -0.05) is 18.2 Å². The molecule has 0 saturated carbocycles. The zero-order valence-electron chi connectivity index (χ0n) is 16.3. The van der Waals surface area contributed by atoms with Gasteiger partial charge in [0.25, 0.3) is 0 Å². The highest BCUT2D eigenvalue weighted by Gasteiger charge is 2.23. The molecular formula is C22H26FN3O2S. The van der Waals surface area contributed by atoms with Gasteiger partial charge in [-0.05, 0) is 55.2 Å². The number of carbonyl (C=O) groups excluding carboxylic acids is 2. The number of urea groups is 1. The van der Waals surface area contributed by atoms with E-state index in [0.717, 1.165) is 18.6 Å². The molecule has 154 valence electrons. The number of thioether (sulfide) groups is 1. The van der Waals surface area contributed by atoms with E-state index >= 15 is 0 Å². The Hall–Kier alpha value is -2.54. The van der Waals surface area contributed by atoms with E-state index in [1.165, 1.54) is 17.0 Å². The molecule has 7 heteroatoms. The number of piperidine rings is 1. The lowest BCUT2D eigenvalue weighted by atomic mass is 9.97. The molecule has 1 saturated heterocycles. The van der Waals surface area contributed by atoms with Gasteiger partial charge in [0.15, 0.2) is 0 Å². The van der Waals surface area contributed by atoms with Gasteiger partial charge in [-0.2, -0.15) is 0 Å². The molecule has 1 aliphatic heterocycles. The van der Waals surface area contributed by atoms with Gasteiger partial charge in [0.2, 0.25) is 5.91 Å². The van der Waals surface area contributed by atoms with E-state index in [0.29, 0.717) is 37.7 Å². The van der Waals surface area contributed by atoms with Gasteiger partial charge in [0.1, 0.15) is 5.82 Å². The fourth-order valence-electron chi connectivity index (χ4n) is 3.20. The summed E-state index contributed by atoms with van der Waals surface area (Å²) in [5.74, 6) is 0.891. The van der Waals surface area contributed by atoms with Crippen molar-refractivity contribution in [3.8, 4) is 0 Å². The van der Waals surface area contributed by atoms with Crippen molar-refractivity contribution in [3.05, 3.63) is 60.4 Å². The molecule has 0 spiro atoms. The van der Waals surface area contributed by atoms with Crippen LogP contribution in [0.1, 0.15) is 19.3 Å². The normalized spacial score (nSPS) is 14.4. The predicted molar refractivity (Wildman–Crippen MR) is 115 cm³/mol. The Morgan fingerprint density at radius 3 is 2.41 bits per heavy atom. The number of hydrogen-bond donors (Lipinski definition) is 2. The number of nitrogens with zero attached hydrogens (tertiary/aromatic N) is 1. The van der Waals surface area contributed by atoms with Crippen LogP contribution in [0.5, 0.6) is 0 Å². The van der Waals surface area contributed by atoms with Crippen molar-refractivity contribution in [2.45, 2.75) is 24.2 Å². The Morgan fingerprint density at radius 1 is 1.03 bits per heavy atom. The molecular weight excluding hydrogens is 389 g/mol. The lowest BCUT2D eigenvalue weighted by molar-refractivity contribution is -0.120. The van der Waals surface area contributed by atoms with Crippen LogP contribution >= 0.6 is 11.8 Å². The van der Waals surface area contributed by atoms with Crippen molar-refractivity contribution in [1.29, 1.82) is 0 Å². The Balaban J connectivity index is 1.30. The molecule has 29 heavy (non-hydrogen) atoms. The van der Waals surface area contributed by atoms with Crippen LogP contribution in [0.4, 0.5) is 14.9 Å². The maximum absolute atomic E-state index is 12.9. The smallest absolute Gasteiger partial charge is 0.321 e. The fourth-order valence-corrected chi connectivity index (χ4v) is 4.07. The van der Waals surface area contributed by atoms with Crippen molar-refractivity contribution < 1.29 is 14.0 Å². The zero-order chi connectivity index (χ0) is 20.5. The second kappa shape index (κ2) is 10.9. The molecule has 1 heterocycles. The minimum Gasteiger partial charge on any atom is -0.356 e. The van der Waals surface area contributed by atoms with E-state index in [2.05, 4.69) is 10.6 Å². The first-order valence-electron chi connectivity index (χ1n) is 9.86. The van der Waals surface area contributed by atoms with E-state index in [1.54, 1.807) is 28.8 Å². The van der Waals surface area contributed by atoms with E-state index in [9.17, 15) is 14.0 Å². The average molecular weight is 416 g/mol. The van der Waals surface area contributed by atoms with Gasteiger partial charge >= 0.3 is 6.03 Å². The van der Waals surface area contributed by atoms with E-state index in [4.69, 9.17) is 0 Å². The molecule has 0 radical (unpaired) electrons. The van der Waals surface area contributed by atoms with Crippen LogP contribution in [0.25, 0.3) is 0 Å². The fraction of sp³-hybridized carbons (Fsp3) is 0.364. The summed E-state index contributed by atoms with van der Waals surface area (Å²) < 4.78 is 12.9. The zero-order valence-corrected chi connectivity index (χ0v) is 17.1. The minimum absolute atomic E-state index is 0.0740. The maximum atomic E-state index is 12.9. The van der Waals surface area contributed by atoms with Crippen LogP contribution in [0, 0.1) is 11.7 Å². The van der Waals surface area contributed by atoms with Crippen LogP contribution in [-0.2, 0) is 4.79 Å². The maximum Gasteiger partial charge on any atom is 0.321 e. The molecule has 3 rings (SSSR count). The summed E-state index contributed by atoms with van der Waals surface area (Å²) in [4.78, 5) is 27.3. The van der Waals surface area contributed by atoms with E-state index < -0.39 is 0 Å². The molecule has 0 unspecified atom stereocenters. The largest absolute Gasteiger partial charge is 0.356 e. The highest BCUT2D eigenvalue weighted by Crippen LogP contribution is 2.19. The first kappa shape index (κ1) is 21.2. The van der Waals surface area contributed by atoms with Gasteiger partial charge in [0.05, 0.1) is 0 Å². The molecule has 0 aromatic heterocycles. The number of carbonyl (C=O) groups is 2. The summed E-state index contributed by atoms with van der Waals surface area (Å²) in [5, 5.41) is 5.81. The van der Waals surface area contributed by atoms with Crippen molar-refractivity contribution in [1.82, 2.24) is 10.2 Å². The lowest BCUT2D eigenvalue weighted by Gasteiger charge is -2.32. The third-order valence-electron chi connectivity index (χ3n) is 4.93. The molecule has 5 nitrogen and oxygen atoms in total. The Kier molecular flexibility index (Phi) is 7.93. The Labute approximate surface area is 175 Å². The molecule has 0 bridgehead atoms. The van der Waals surface area contributed by atoms with Crippen LogP contribution < -0.4 is 10.6 Å². The molecule has 2 N–H and O–H groups in total. The molecule has 0 aliphatic carbocycles. The average Bonchev–Trinajstić information content (AvgIpc) is 2.75. The van der Waals surface area contributed by atoms with Crippen molar-refractivity contribution in [2.24, 2.45) is 5.92 Å². The number of hydrogen-bond acceptors (Lipinski definition) is 3. The van der Waals surface area contributed by atoms with Crippen LogP contribution in [0.2, 0.25) is 0 Å². The molecule has 1 aliphatic rings. The first-order valence-corrected chi connectivity index (χ1v) is 10.8. The summed E-state index contributed by atoms with van der Waals surface area (Å²) >= 11 is 1.68. The predicted octanol–water partition coefficient (Wildman–Crippen LogP) is 4.37. The summed E-state index contributed by atoms with van der Waals surface area (Å²) in [6, 6.07) is 15.6. The monoisotopic (exact) mass is 415 g/mol. The number of nitrogens with one attached hydrogen (secondary N) is 2. The molecule has 2 aromatic carbocycles. The number of rotatable bonds is 7. The van der Waals surface area contributed by atoms with Gasteiger partial charge in [-0.25, -0.2) is 9.18 Å². The third-order valence-corrected chi connectivity index (χ3v) is 5.94. The summed E-state index contributed by atoms with van der Waals surface area (Å²) in [7, 11) is 0. The minimum atomic E-state index is -0.329. The molecule has 1 fully saturated rings. The van der Waals surface area contributed by atoms with Gasteiger partial charge in [-0.15, -0.1) is 11.8 Å². The first-order chi connectivity index (χ1) is 14.1. The molecule has 0 atom stereocenters. The topological polar surface area (TPSA) is 61.4 Å². The quantitative estimate of drug-likeness (QED) is 0.660. The standard InChI is InChI=1S/C22H26FN3O2S/c23-18-6-8-19(9-7-18)25-22(28)26-13-10-17(11-14-26)16-24-21(27)12-15-29-20-4-2-1-3-5-20/h1-9,17H,10-16H2,(H,24,27)(H,25,28). The summed E-state index contributed by atoms with van der Waals surface area (Å²) in [6.45, 7) is 1.96. The summed E-state index contributed by atoms with van der Waals surface area (Å²) in [5.41, 5.74) is 0.583. The Bertz CT molecular complexity index is 793. The lowest BCUT2D eigenvalue weighted by Crippen LogP contribution is -2.43. The number of benzene rings is 2. The van der Waals surface area contributed by atoms with Crippen LogP contribution in [0.15, 0.2) is 59.5 Å². The molecule has 2 aromatic rings. The van der Waals surface area contributed by atoms with Crippen molar-refractivity contribution >= 4 is 29.4 Å². The highest BCUT2D eigenvalue weighted by molar-refractivity contribution is 7.99. The van der Waals surface area contributed by atoms with Gasteiger partial charge in [0, 0.05) is 42.4 Å². The van der Waals surface area contributed by atoms with E-state index in [1.807, 2.05) is 30.3 Å².